The van der Waals surface area contributed by atoms with E-state index in [-0.39, 0.29) is 0 Å². The van der Waals surface area contributed by atoms with Crippen LogP contribution in [-0.4, -0.2) is 15.1 Å². The first-order chi connectivity index (χ1) is 9.95. The number of aromatic nitrogens is 2. The highest BCUT2D eigenvalue weighted by Gasteiger charge is 2.04. The second-order valence-electron chi connectivity index (χ2n) is 4.93. The number of thiocarbonyl (C=S) groups is 1. The molecule has 0 unspecified atom stereocenters. The van der Waals surface area contributed by atoms with E-state index < -0.39 is 0 Å². The van der Waals surface area contributed by atoms with Crippen molar-refractivity contribution in [3.05, 3.63) is 46.8 Å². The Morgan fingerprint density at radius 2 is 1.71 bits per heavy atom. The molecule has 0 bridgehead atoms. The van der Waals surface area contributed by atoms with Gasteiger partial charge in [0.15, 0.2) is 5.11 Å². The minimum Gasteiger partial charge on any atom is -0.331 e. The SMILES string of the molecule is Cc1cc(C)nc(NNC(=S)Nc2cccc(C)c2C)n1. The molecule has 0 atom stereocenters. The maximum atomic E-state index is 5.26. The summed E-state index contributed by atoms with van der Waals surface area (Å²) in [7, 11) is 0. The van der Waals surface area contributed by atoms with Crippen LogP contribution in [0.25, 0.3) is 0 Å². The molecule has 1 aromatic carbocycles. The van der Waals surface area contributed by atoms with Crippen LogP contribution in [0.2, 0.25) is 0 Å². The van der Waals surface area contributed by atoms with Crippen LogP contribution in [0, 0.1) is 27.7 Å². The van der Waals surface area contributed by atoms with E-state index in [1.54, 1.807) is 0 Å². The van der Waals surface area contributed by atoms with Gasteiger partial charge in [-0.15, -0.1) is 0 Å². The Labute approximate surface area is 130 Å². The molecule has 3 N–H and O–H groups in total. The van der Waals surface area contributed by atoms with E-state index in [0.717, 1.165) is 17.1 Å². The molecule has 2 rings (SSSR count). The highest BCUT2D eigenvalue weighted by atomic mass is 32.1. The van der Waals surface area contributed by atoms with Gasteiger partial charge in [-0.25, -0.2) is 9.97 Å². The summed E-state index contributed by atoms with van der Waals surface area (Å²) in [4.78, 5) is 8.55. The minimum absolute atomic E-state index is 0.464. The van der Waals surface area contributed by atoms with E-state index in [2.05, 4.69) is 46.1 Å². The third kappa shape index (κ3) is 4.13. The lowest BCUT2D eigenvalue weighted by Crippen LogP contribution is -2.34. The molecule has 0 radical (unpaired) electrons. The summed E-state index contributed by atoms with van der Waals surface area (Å²) in [6.45, 7) is 7.97. The molecule has 5 nitrogen and oxygen atoms in total. The standard InChI is InChI=1S/C15H19N5S/c1-9-6-5-7-13(12(9)4)18-15(21)20-19-14-16-10(2)8-11(3)17-14/h5-8H,1-4H3,(H,16,17,19)(H2,18,20,21). The molecule has 1 aromatic heterocycles. The number of anilines is 2. The zero-order valence-electron chi connectivity index (χ0n) is 12.6. The Morgan fingerprint density at radius 1 is 1.05 bits per heavy atom. The van der Waals surface area contributed by atoms with Crippen LogP contribution >= 0.6 is 12.2 Å². The van der Waals surface area contributed by atoms with Crippen LogP contribution < -0.4 is 16.2 Å². The van der Waals surface area contributed by atoms with Crippen LogP contribution in [0.5, 0.6) is 0 Å². The highest BCUT2D eigenvalue weighted by Crippen LogP contribution is 2.17. The molecule has 1 heterocycles. The maximum Gasteiger partial charge on any atom is 0.242 e. The second kappa shape index (κ2) is 6.49. The van der Waals surface area contributed by atoms with Crippen molar-refractivity contribution >= 4 is 29.0 Å². The number of nitrogens with one attached hydrogen (secondary N) is 3. The van der Waals surface area contributed by atoms with Crippen LogP contribution in [0.1, 0.15) is 22.5 Å². The van der Waals surface area contributed by atoms with Crippen molar-refractivity contribution in [3.8, 4) is 0 Å². The van der Waals surface area contributed by atoms with Gasteiger partial charge in [-0.05, 0) is 63.2 Å². The molecule has 0 aliphatic carbocycles. The number of rotatable bonds is 3. The molecular formula is C15H19N5S. The molecule has 0 spiro atoms. The summed E-state index contributed by atoms with van der Waals surface area (Å²) in [6, 6.07) is 7.97. The Kier molecular flexibility index (Phi) is 4.70. The fourth-order valence-corrected chi connectivity index (χ4v) is 2.10. The van der Waals surface area contributed by atoms with Gasteiger partial charge in [0.1, 0.15) is 0 Å². The lowest BCUT2D eigenvalue weighted by Gasteiger charge is -2.14. The zero-order valence-corrected chi connectivity index (χ0v) is 13.4. The fraction of sp³-hybridized carbons (Fsp3) is 0.267. The first-order valence-corrected chi connectivity index (χ1v) is 7.08. The Hall–Kier alpha value is -2.21. The summed E-state index contributed by atoms with van der Waals surface area (Å²) >= 11 is 5.26. The van der Waals surface area contributed by atoms with Crippen molar-refractivity contribution in [1.82, 2.24) is 15.4 Å². The van der Waals surface area contributed by atoms with Crippen LogP contribution in [-0.2, 0) is 0 Å². The Morgan fingerprint density at radius 3 is 2.38 bits per heavy atom. The van der Waals surface area contributed by atoms with E-state index in [0.29, 0.717) is 11.1 Å². The van der Waals surface area contributed by atoms with Gasteiger partial charge in [-0.3, -0.25) is 10.9 Å². The predicted molar refractivity (Wildman–Crippen MR) is 90.4 cm³/mol. The summed E-state index contributed by atoms with van der Waals surface area (Å²) < 4.78 is 0. The zero-order chi connectivity index (χ0) is 15.4. The van der Waals surface area contributed by atoms with Crippen molar-refractivity contribution in [2.45, 2.75) is 27.7 Å². The molecule has 0 aliphatic rings. The molecule has 0 fully saturated rings. The third-order valence-corrected chi connectivity index (χ3v) is 3.33. The molecular weight excluding hydrogens is 282 g/mol. The van der Waals surface area contributed by atoms with Gasteiger partial charge in [-0.1, -0.05) is 12.1 Å². The van der Waals surface area contributed by atoms with Crippen molar-refractivity contribution in [3.63, 3.8) is 0 Å². The fourth-order valence-electron chi connectivity index (χ4n) is 1.93. The van der Waals surface area contributed by atoms with E-state index in [1.807, 2.05) is 32.0 Å². The summed E-state index contributed by atoms with van der Waals surface area (Å²) in [5.41, 5.74) is 11.0. The lowest BCUT2D eigenvalue weighted by molar-refractivity contribution is 0.991. The van der Waals surface area contributed by atoms with E-state index in [1.165, 1.54) is 11.1 Å². The molecule has 6 heteroatoms. The molecule has 0 aliphatic heterocycles. The van der Waals surface area contributed by atoms with E-state index in [4.69, 9.17) is 12.2 Å². The van der Waals surface area contributed by atoms with Gasteiger partial charge < -0.3 is 5.32 Å². The Balaban J connectivity index is 1.97. The van der Waals surface area contributed by atoms with Gasteiger partial charge in [0.2, 0.25) is 5.95 Å². The second-order valence-corrected chi connectivity index (χ2v) is 5.33. The first-order valence-electron chi connectivity index (χ1n) is 6.67. The quantitative estimate of drug-likeness (QED) is 0.598. The van der Waals surface area contributed by atoms with Gasteiger partial charge in [-0.2, -0.15) is 0 Å². The molecule has 110 valence electrons. The van der Waals surface area contributed by atoms with Gasteiger partial charge in [0.25, 0.3) is 0 Å². The molecule has 0 saturated heterocycles. The topological polar surface area (TPSA) is 61.9 Å². The van der Waals surface area contributed by atoms with E-state index in [9.17, 15) is 0 Å². The van der Waals surface area contributed by atoms with Crippen molar-refractivity contribution in [2.24, 2.45) is 0 Å². The summed E-state index contributed by atoms with van der Waals surface area (Å²) in [5, 5.41) is 3.62. The number of aryl methyl sites for hydroxylation is 3. The van der Waals surface area contributed by atoms with Crippen LogP contribution in [0.4, 0.5) is 11.6 Å². The predicted octanol–water partition coefficient (Wildman–Crippen LogP) is 3.02. The smallest absolute Gasteiger partial charge is 0.242 e. The average molecular weight is 301 g/mol. The number of hydrogen-bond donors (Lipinski definition) is 3. The van der Waals surface area contributed by atoms with E-state index >= 15 is 0 Å². The lowest BCUT2D eigenvalue weighted by atomic mass is 10.1. The summed E-state index contributed by atoms with van der Waals surface area (Å²) in [5.74, 6) is 0.498. The van der Waals surface area contributed by atoms with Crippen LogP contribution in [0.3, 0.4) is 0 Å². The monoisotopic (exact) mass is 301 g/mol. The van der Waals surface area contributed by atoms with Gasteiger partial charge in [0.05, 0.1) is 0 Å². The van der Waals surface area contributed by atoms with Crippen molar-refractivity contribution in [2.75, 3.05) is 10.7 Å². The third-order valence-electron chi connectivity index (χ3n) is 3.12. The van der Waals surface area contributed by atoms with Crippen molar-refractivity contribution in [1.29, 1.82) is 0 Å². The molecule has 0 amide bonds. The number of hydrazine groups is 1. The van der Waals surface area contributed by atoms with Crippen molar-refractivity contribution < 1.29 is 0 Å². The first kappa shape index (κ1) is 15.2. The number of hydrogen-bond acceptors (Lipinski definition) is 4. The normalized spacial score (nSPS) is 10.1. The molecule has 21 heavy (non-hydrogen) atoms. The largest absolute Gasteiger partial charge is 0.331 e. The van der Waals surface area contributed by atoms with Gasteiger partial charge >= 0.3 is 0 Å². The summed E-state index contributed by atoms with van der Waals surface area (Å²) in [6.07, 6.45) is 0. The Bertz CT molecular complexity index is 649. The van der Waals surface area contributed by atoms with Crippen LogP contribution in [0.15, 0.2) is 24.3 Å². The number of nitrogens with zero attached hydrogens (tertiary/aromatic N) is 2. The molecule has 2 aromatic rings. The number of benzene rings is 1. The average Bonchev–Trinajstić information content (AvgIpc) is 2.41. The maximum absolute atomic E-state index is 5.26. The highest BCUT2D eigenvalue weighted by molar-refractivity contribution is 7.80. The molecule has 0 saturated carbocycles. The van der Waals surface area contributed by atoms with Gasteiger partial charge in [0, 0.05) is 17.1 Å². The minimum atomic E-state index is 0.464.